The van der Waals surface area contributed by atoms with E-state index < -0.39 is 23.5 Å². The van der Waals surface area contributed by atoms with E-state index in [1.807, 2.05) is 6.92 Å². The molecule has 0 aliphatic rings. The number of hydrogen-bond donors (Lipinski definition) is 1. The number of nitrogens with zero attached hydrogens (tertiary/aromatic N) is 1. The fourth-order valence-corrected chi connectivity index (χ4v) is 1.24. The van der Waals surface area contributed by atoms with Crippen molar-refractivity contribution in [1.29, 1.82) is 5.26 Å². The molecule has 0 spiro atoms. The Morgan fingerprint density at radius 1 is 1.44 bits per heavy atom. The highest BCUT2D eigenvalue weighted by Crippen LogP contribution is 2.25. The van der Waals surface area contributed by atoms with Crippen molar-refractivity contribution in [3.8, 4) is 6.07 Å². The summed E-state index contributed by atoms with van der Waals surface area (Å²) in [4.78, 5) is 21.5. The Balaban J connectivity index is 4.29. The van der Waals surface area contributed by atoms with Crippen LogP contribution in [0.15, 0.2) is 0 Å². The Hall–Kier alpha value is -1.57. The minimum absolute atomic E-state index is 0.159. The molecule has 0 heterocycles. The molecular formula is C11H17NO4. The summed E-state index contributed by atoms with van der Waals surface area (Å²) in [6, 6.07) is 2.07. The smallest absolute Gasteiger partial charge is 0.306 e. The normalized spacial score (nSPS) is 12.6. The monoisotopic (exact) mass is 227 g/mol. The molecule has 0 aliphatic carbocycles. The van der Waals surface area contributed by atoms with Crippen LogP contribution in [-0.4, -0.2) is 23.1 Å². The highest BCUT2D eigenvalue weighted by atomic mass is 16.5. The molecule has 0 fully saturated rings. The van der Waals surface area contributed by atoms with E-state index in [0.29, 0.717) is 6.42 Å². The lowest BCUT2D eigenvalue weighted by molar-refractivity contribution is -0.155. The van der Waals surface area contributed by atoms with Gasteiger partial charge in [0, 0.05) is 0 Å². The maximum absolute atomic E-state index is 11.3. The molecule has 90 valence electrons. The molecule has 0 amide bonds. The molecule has 0 rings (SSSR count). The van der Waals surface area contributed by atoms with E-state index >= 15 is 0 Å². The minimum Gasteiger partial charge on any atom is -0.481 e. The van der Waals surface area contributed by atoms with Crippen molar-refractivity contribution in [3.63, 3.8) is 0 Å². The van der Waals surface area contributed by atoms with Crippen LogP contribution < -0.4 is 0 Å². The van der Waals surface area contributed by atoms with E-state index in [2.05, 4.69) is 6.07 Å². The Morgan fingerprint density at radius 2 is 2.00 bits per heavy atom. The van der Waals surface area contributed by atoms with Crippen molar-refractivity contribution in [2.45, 2.75) is 46.1 Å². The fourth-order valence-electron chi connectivity index (χ4n) is 1.24. The summed E-state index contributed by atoms with van der Waals surface area (Å²) in [7, 11) is 0. The zero-order valence-corrected chi connectivity index (χ0v) is 9.82. The van der Waals surface area contributed by atoms with E-state index in [4.69, 9.17) is 15.1 Å². The molecule has 0 aromatic heterocycles. The highest BCUT2D eigenvalue weighted by Gasteiger charge is 2.31. The van der Waals surface area contributed by atoms with Crippen LogP contribution in [0.2, 0.25) is 0 Å². The number of carbonyl (C=O) groups is 2. The van der Waals surface area contributed by atoms with E-state index in [-0.39, 0.29) is 12.8 Å². The third kappa shape index (κ3) is 4.78. The van der Waals surface area contributed by atoms with Crippen LogP contribution in [0.4, 0.5) is 0 Å². The van der Waals surface area contributed by atoms with Gasteiger partial charge in [0.2, 0.25) is 0 Å². The molecule has 0 radical (unpaired) electrons. The largest absolute Gasteiger partial charge is 0.481 e. The summed E-state index contributed by atoms with van der Waals surface area (Å²) in [5.74, 6) is -1.61. The predicted octanol–water partition coefficient (Wildman–Crippen LogP) is 1.72. The zero-order valence-electron chi connectivity index (χ0n) is 9.82. The molecule has 1 N–H and O–H groups in total. The number of ether oxygens (including phenoxy) is 1. The first kappa shape index (κ1) is 14.4. The molecule has 1 atom stereocenters. The molecule has 5 heteroatoms. The van der Waals surface area contributed by atoms with Gasteiger partial charge < -0.3 is 9.84 Å². The van der Waals surface area contributed by atoms with Crippen LogP contribution in [0, 0.1) is 16.7 Å². The van der Waals surface area contributed by atoms with Crippen LogP contribution in [0.1, 0.15) is 40.0 Å². The number of esters is 1. The molecule has 0 saturated heterocycles. The standard InChI is InChI=1S/C11H17NO4/c1-4-8(11(2,3)7-12)16-10(15)6-5-9(13)14/h8H,4-6H2,1-3H3,(H,13,14). The number of rotatable bonds is 6. The SMILES string of the molecule is CCC(OC(=O)CCC(=O)O)C(C)(C)C#N. The van der Waals surface area contributed by atoms with Gasteiger partial charge in [0.05, 0.1) is 24.3 Å². The van der Waals surface area contributed by atoms with Gasteiger partial charge in [-0.2, -0.15) is 5.26 Å². The van der Waals surface area contributed by atoms with Crippen molar-refractivity contribution in [3.05, 3.63) is 0 Å². The molecular weight excluding hydrogens is 210 g/mol. The second-order valence-electron chi connectivity index (χ2n) is 4.11. The summed E-state index contributed by atoms with van der Waals surface area (Å²) in [6.45, 7) is 5.19. The number of aliphatic carboxylic acids is 1. The summed E-state index contributed by atoms with van der Waals surface area (Å²) in [6.07, 6.45) is -0.381. The number of nitriles is 1. The lowest BCUT2D eigenvalue weighted by Gasteiger charge is -2.26. The first-order valence-electron chi connectivity index (χ1n) is 5.16. The van der Waals surface area contributed by atoms with Crippen molar-refractivity contribution >= 4 is 11.9 Å². The zero-order chi connectivity index (χ0) is 12.8. The average molecular weight is 227 g/mol. The minimum atomic E-state index is -1.04. The van der Waals surface area contributed by atoms with E-state index in [1.165, 1.54) is 0 Å². The molecule has 0 saturated carbocycles. The lowest BCUT2D eigenvalue weighted by atomic mass is 9.87. The third-order valence-corrected chi connectivity index (χ3v) is 2.28. The number of carbonyl (C=O) groups excluding carboxylic acids is 1. The predicted molar refractivity (Wildman–Crippen MR) is 56.4 cm³/mol. The van der Waals surface area contributed by atoms with Gasteiger partial charge >= 0.3 is 11.9 Å². The lowest BCUT2D eigenvalue weighted by Crippen LogP contribution is -2.32. The van der Waals surface area contributed by atoms with Crippen molar-refractivity contribution in [1.82, 2.24) is 0 Å². The third-order valence-electron chi connectivity index (χ3n) is 2.28. The van der Waals surface area contributed by atoms with E-state index in [0.717, 1.165) is 0 Å². The van der Waals surface area contributed by atoms with Gasteiger partial charge in [-0.05, 0) is 20.3 Å². The molecule has 1 unspecified atom stereocenters. The Bertz CT molecular complexity index is 304. The Kier molecular flexibility index (Phi) is 5.51. The number of hydrogen-bond acceptors (Lipinski definition) is 4. The van der Waals surface area contributed by atoms with Crippen LogP contribution in [0.25, 0.3) is 0 Å². The first-order chi connectivity index (χ1) is 7.33. The highest BCUT2D eigenvalue weighted by molar-refractivity contribution is 5.76. The van der Waals surface area contributed by atoms with Crippen LogP contribution in [-0.2, 0) is 14.3 Å². The van der Waals surface area contributed by atoms with Crippen LogP contribution >= 0.6 is 0 Å². The van der Waals surface area contributed by atoms with Crippen LogP contribution in [0.3, 0.4) is 0 Å². The number of carboxylic acid groups (broad SMARTS) is 1. The summed E-state index contributed by atoms with van der Waals surface area (Å²) >= 11 is 0. The maximum atomic E-state index is 11.3. The van der Waals surface area contributed by atoms with Crippen molar-refractivity contribution in [2.24, 2.45) is 5.41 Å². The topological polar surface area (TPSA) is 87.4 Å². The Labute approximate surface area is 95.0 Å². The van der Waals surface area contributed by atoms with Gasteiger partial charge in [0.25, 0.3) is 0 Å². The summed E-state index contributed by atoms with van der Waals surface area (Å²) in [5, 5.41) is 17.3. The van der Waals surface area contributed by atoms with Gasteiger partial charge in [0.15, 0.2) is 0 Å². The molecule has 5 nitrogen and oxygen atoms in total. The second-order valence-corrected chi connectivity index (χ2v) is 4.11. The first-order valence-corrected chi connectivity index (χ1v) is 5.16. The number of carboxylic acids is 1. The van der Waals surface area contributed by atoms with Crippen molar-refractivity contribution in [2.75, 3.05) is 0 Å². The quantitative estimate of drug-likeness (QED) is 0.698. The summed E-state index contributed by atoms with van der Waals surface area (Å²) < 4.78 is 5.08. The van der Waals surface area contributed by atoms with Gasteiger partial charge in [-0.15, -0.1) is 0 Å². The molecule has 0 aliphatic heterocycles. The van der Waals surface area contributed by atoms with Crippen LogP contribution in [0.5, 0.6) is 0 Å². The maximum Gasteiger partial charge on any atom is 0.306 e. The average Bonchev–Trinajstić information content (AvgIpc) is 2.22. The Morgan fingerprint density at radius 3 is 2.38 bits per heavy atom. The van der Waals surface area contributed by atoms with Gasteiger partial charge in [0.1, 0.15) is 6.10 Å². The molecule has 16 heavy (non-hydrogen) atoms. The molecule has 0 aromatic rings. The van der Waals surface area contributed by atoms with Gasteiger partial charge in [-0.3, -0.25) is 9.59 Å². The van der Waals surface area contributed by atoms with E-state index in [9.17, 15) is 9.59 Å². The fraction of sp³-hybridized carbons (Fsp3) is 0.727. The molecule has 0 aromatic carbocycles. The molecule has 0 bridgehead atoms. The summed E-state index contributed by atoms with van der Waals surface area (Å²) in [5.41, 5.74) is -0.756. The van der Waals surface area contributed by atoms with Crippen molar-refractivity contribution < 1.29 is 19.4 Å². The van der Waals surface area contributed by atoms with Gasteiger partial charge in [-0.25, -0.2) is 0 Å². The van der Waals surface area contributed by atoms with Gasteiger partial charge in [-0.1, -0.05) is 6.92 Å². The second kappa shape index (κ2) is 6.11. The van der Waals surface area contributed by atoms with E-state index in [1.54, 1.807) is 13.8 Å².